The molecule has 2 N–H and O–H groups in total. The average Bonchev–Trinajstić information content (AvgIpc) is 2.30. The van der Waals surface area contributed by atoms with Crippen LogP contribution in [0.2, 0.25) is 0 Å². The van der Waals surface area contributed by atoms with Crippen LogP contribution in [0, 0.1) is 0 Å². The zero-order valence-corrected chi connectivity index (χ0v) is 9.48. The van der Waals surface area contributed by atoms with Crippen molar-refractivity contribution in [3.8, 4) is 0 Å². The van der Waals surface area contributed by atoms with E-state index in [1.54, 1.807) is 0 Å². The van der Waals surface area contributed by atoms with E-state index in [4.69, 9.17) is 10.5 Å². The Labute approximate surface area is 94.1 Å². The molecule has 0 atom stereocenters. The van der Waals surface area contributed by atoms with E-state index in [2.05, 4.69) is 4.98 Å². The van der Waals surface area contributed by atoms with Crippen LogP contribution in [0.25, 0.3) is 0 Å². The molecule has 0 aromatic carbocycles. The lowest BCUT2D eigenvalue weighted by atomic mass is 10.4. The van der Waals surface area contributed by atoms with Gasteiger partial charge in [-0.2, -0.15) is 4.31 Å². The summed E-state index contributed by atoms with van der Waals surface area (Å²) in [4.78, 5) is 3.92. The summed E-state index contributed by atoms with van der Waals surface area (Å²) in [6.45, 7) is 1.60. The molecule has 2 rings (SSSR count). The van der Waals surface area contributed by atoms with Crippen LogP contribution in [0.4, 0.5) is 5.69 Å². The molecule has 7 heteroatoms. The van der Waals surface area contributed by atoms with Crippen LogP contribution in [0.1, 0.15) is 0 Å². The topological polar surface area (TPSA) is 85.5 Å². The number of morpholine rings is 1. The summed E-state index contributed by atoms with van der Waals surface area (Å²) in [6, 6.07) is 1.41. The van der Waals surface area contributed by atoms with Crippen LogP contribution in [0.3, 0.4) is 0 Å². The van der Waals surface area contributed by atoms with Gasteiger partial charge in [-0.25, -0.2) is 8.42 Å². The Morgan fingerprint density at radius 3 is 2.62 bits per heavy atom. The molecule has 1 saturated heterocycles. The second kappa shape index (κ2) is 4.36. The van der Waals surface area contributed by atoms with Gasteiger partial charge in [-0.05, 0) is 6.07 Å². The summed E-state index contributed by atoms with van der Waals surface area (Å²) in [5.41, 5.74) is 5.86. The van der Waals surface area contributed by atoms with Gasteiger partial charge in [0.1, 0.15) is 4.90 Å². The normalized spacial score (nSPS) is 18.5. The Balaban J connectivity index is 2.30. The van der Waals surface area contributed by atoms with Gasteiger partial charge >= 0.3 is 0 Å². The van der Waals surface area contributed by atoms with Gasteiger partial charge in [-0.15, -0.1) is 0 Å². The number of nitrogens with zero attached hydrogens (tertiary/aromatic N) is 2. The van der Waals surface area contributed by atoms with Crippen LogP contribution in [-0.2, 0) is 14.8 Å². The molecular weight excluding hydrogens is 230 g/mol. The molecule has 2 heterocycles. The van der Waals surface area contributed by atoms with Crippen molar-refractivity contribution in [2.45, 2.75) is 4.90 Å². The third-order valence-electron chi connectivity index (χ3n) is 2.34. The fourth-order valence-electron chi connectivity index (χ4n) is 1.51. The van der Waals surface area contributed by atoms with Gasteiger partial charge in [0.05, 0.1) is 18.9 Å². The summed E-state index contributed by atoms with van der Waals surface area (Å²) in [5.74, 6) is 0. The molecule has 6 nitrogen and oxygen atoms in total. The number of nitrogen functional groups attached to an aromatic ring is 1. The second-order valence-corrected chi connectivity index (χ2v) is 5.41. The van der Waals surface area contributed by atoms with Crippen LogP contribution in [0.15, 0.2) is 23.4 Å². The minimum Gasteiger partial charge on any atom is -0.397 e. The quantitative estimate of drug-likeness (QED) is 0.769. The number of rotatable bonds is 2. The first-order valence-electron chi connectivity index (χ1n) is 4.89. The summed E-state index contributed by atoms with van der Waals surface area (Å²) < 4.78 is 30.7. The fourth-order valence-corrected chi connectivity index (χ4v) is 2.92. The zero-order valence-electron chi connectivity index (χ0n) is 8.67. The summed E-state index contributed by atoms with van der Waals surface area (Å²) in [7, 11) is -3.47. The Hall–Kier alpha value is -1.18. The molecular formula is C9H13N3O3S. The standard InChI is InChI=1S/C9H13N3O3S/c10-8-5-9(7-11-6-8)16(13,14)12-1-3-15-4-2-12/h5-7H,1-4,10H2. The van der Waals surface area contributed by atoms with Crippen molar-refractivity contribution in [3.05, 3.63) is 18.5 Å². The molecule has 0 aliphatic carbocycles. The van der Waals surface area contributed by atoms with Crippen LogP contribution in [-0.4, -0.2) is 44.0 Å². The highest BCUT2D eigenvalue weighted by atomic mass is 32.2. The molecule has 1 aliphatic rings. The predicted molar refractivity (Wildman–Crippen MR) is 58.2 cm³/mol. The van der Waals surface area contributed by atoms with Gasteiger partial charge in [-0.1, -0.05) is 0 Å². The van der Waals surface area contributed by atoms with Crippen molar-refractivity contribution >= 4 is 15.7 Å². The van der Waals surface area contributed by atoms with Crippen LogP contribution < -0.4 is 5.73 Å². The average molecular weight is 243 g/mol. The Kier molecular flexibility index (Phi) is 3.08. The number of hydrogen-bond donors (Lipinski definition) is 1. The maximum Gasteiger partial charge on any atom is 0.244 e. The van der Waals surface area contributed by atoms with Gasteiger partial charge in [0.2, 0.25) is 10.0 Å². The van der Waals surface area contributed by atoms with Gasteiger partial charge < -0.3 is 10.5 Å². The predicted octanol–water partition coefficient (Wildman–Crippen LogP) is -0.315. The van der Waals surface area contributed by atoms with Crippen LogP contribution >= 0.6 is 0 Å². The number of nitrogens with two attached hydrogens (primary N) is 1. The van der Waals surface area contributed by atoms with E-state index in [0.717, 1.165) is 0 Å². The van der Waals surface area contributed by atoms with Gasteiger partial charge in [0.15, 0.2) is 0 Å². The maximum absolute atomic E-state index is 12.1. The largest absolute Gasteiger partial charge is 0.397 e. The number of sulfonamides is 1. The third kappa shape index (κ3) is 2.16. The van der Waals surface area contributed by atoms with Gasteiger partial charge in [-0.3, -0.25) is 4.98 Å². The smallest absolute Gasteiger partial charge is 0.244 e. The number of ether oxygens (including phenoxy) is 1. The van der Waals surface area contributed by atoms with Gasteiger partial charge in [0.25, 0.3) is 0 Å². The number of anilines is 1. The molecule has 1 aliphatic heterocycles. The molecule has 0 bridgehead atoms. The number of pyridine rings is 1. The molecule has 0 saturated carbocycles. The first-order valence-corrected chi connectivity index (χ1v) is 6.33. The van der Waals surface area contributed by atoms with E-state index in [9.17, 15) is 8.42 Å². The zero-order chi connectivity index (χ0) is 11.6. The minimum absolute atomic E-state index is 0.134. The van der Waals surface area contributed by atoms with Crippen molar-refractivity contribution in [2.75, 3.05) is 32.0 Å². The monoisotopic (exact) mass is 243 g/mol. The Morgan fingerprint density at radius 1 is 1.31 bits per heavy atom. The summed E-state index contributed by atoms with van der Waals surface area (Å²) in [6.07, 6.45) is 2.72. The van der Waals surface area contributed by atoms with E-state index in [1.807, 2.05) is 0 Å². The van der Waals surface area contributed by atoms with E-state index >= 15 is 0 Å². The molecule has 88 valence electrons. The van der Waals surface area contributed by atoms with E-state index in [0.29, 0.717) is 32.0 Å². The van der Waals surface area contributed by atoms with Gasteiger partial charge in [0, 0.05) is 25.5 Å². The molecule has 1 aromatic rings. The highest BCUT2D eigenvalue weighted by Gasteiger charge is 2.26. The van der Waals surface area contributed by atoms with E-state index in [-0.39, 0.29) is 4.90 Å². The molecule has 1 fully saturated rings. The van der Waals surface area contributed by atoms with Crippen molar-refractivity contribution in [1.82, 2.24) is 9.29 Å². The van der Waals surface area contributed by atoms with Crippen molar-refractivity contribution in [2.24, 2.45) is 0 Å². The highest BCUT2D eigenvalue weighted by Crippen LogP contribution is 2.17. The maximum atomic E-state index is 12.1. The van der Waals surface area contributed by atoms with E-state index < -0.39 is 10.0 Å². The van der Waals surface area contributed by atoms with Crippen molar-refractivity contribution in [3.63, 3.8) is 0 Å². The van der Waals surface area contributed by atoms with Crippen LogP contribution in [0.5, 0.6) is 0 Å². The SMILES string of the molecule is Nc1cncc(S(=O)(=O)N2CCOCC2)c1. The molecule has 0 unspecified atom stereocenters. The second-order valence-electron chi connectivity index (χ2n) is 3.47. The lowest BCUT2D eigenvalue weighted by Gasteiger charge is -2.25. The van der Waals surface area contributed by atoms with Crippen molar-refractivity contribution in [1.29, 1.82) is 0 Å². The molecule has 0 radical (unpaired) electrons. The Morgan fingerprint density at radius 2 is 2.00 bits per heavy atom. The first-order chi connectivity index (χ1) is 7.60. The fraction of sp³-hybridized carbons (Fsp3) is 0.444. The first kappa shape index (κ1) is 11.3. The molecule has 1 aromatic heterocycles. The lowest BCUT2D eigenvalue weighted by Crippen LogP contribution is -2.40. The van der Waals surface area contributed by atoms with E-state index in [1.165, 1.54) is 22.8 Å². The summed E-state index contributed by atoms with van der Waals surface area (Å²) >= 11 is 0. The molecule has 0 spiro atoms. The molecule has 16 heavy (non-hydrogen) atoms. The minimum atomic E-state index is -3.47. The highest BCUT2D eigenvalue weighted by molar-refractivity contribution is 7.89. The lowest BCUT2D eigenvalue weighted by molar-refractivity contribution is 0.0730. The Bertz CT molecular complexity index is 469. The number of aromatic nitrogens is 1. The number of hydrogen-bond acceptors (Lipinski definition) is 5. The molecule has 0 amide bonds. The third-order valence-corrected chi connectivity index (χ3v) is 4.21. The van der Waals surface area contributed by atoms with Crippen molar-refractivity contribution < 1.29 is 13.2 Å². The summed E-state index contributed by atoms with van der Waals surface area (Å²) in [5, 5.41) is 0.